The number of ether oxygens (including phenoxy) is 1. The Kier molecular flexibility index (Phi) is 4.35. The van der Waals surface area contributed by atoms with Crippen LogP contribution in [0.3, 0.4) is 0 Å². The Morgan fingerprint density at radius 1 is 0.541 bits per heavy atom. The minimum atomic E-state index is 0.702. The average molecular weight is 477 g/mol. The predicted molar refractivity (Wildman–Crippen MR) is 152 cm³/mol. The van der Waals surface area contributed by atoms with Gasteiger partial charge in [0, 0.05) is 39.7 Å². The number of para-hydroxylation sites is 3. The van der Waals surface area contributed by atoms with Crippen molar-refractivity contribution in [3.63, 3.8) is 0 Å². The van der Waals surface area contributed by atoms with Gasteiger partial charge in [-0.3, -0.25) is 0 Å². The van der Waals surface area contributed by atoms with Gasteiger partial charge < -0.3 is 14.2 Å². The highest BCUT2D eigenvalue weighted by Crippen LogP contribution is 2.49. The summed E-state index contributed by atoms with van der Waals surface area (Å²) in [5.41, 5.74) is 10.8. The molecule has 176 valence electrons. The molecule has 0 aliphatic carbocycles. The number of rotatable bonds is 2. The van der Waals surface area contributed by atoms with Crippen LogP contribution in [0.1, 0.15) is 12.0 Å². The van der Waals surface area contributed by atoms with Gasteiger partial charge in [-0.1, -0.05) is 78.9 Å². The Balaban J connectivity index is 1.42. The molecule has 0 saturated heterocycles. The van der Waals surface area contributed by atoms with Crippen molar-refractivity contribution in [3.8, 4) is 16.8 Å². The molecule has 0 bridgehead atoms. The molecule has 37 heavy (non-hydrogen) atoms. The van der Waals surface area contributed by atoms with E-state index in [0.29, 0.717) is 6.61 Å². The van der Waals surface area contributed by atoms with E-state index < -0.39 is 0 Å². The van der Waals surface area contributed by atoms with Crippen molar-refractivity contribution in [2.24, 2.45) is 0 Å². The fourth-order valence-electron chi connectivity index (χ4n) is 6.10. The van der Waals surface area contributed by atoms with Crippen molar-refractivity contribution >= 4 is 38.9 Å². The molecular weight excluding hydrogens is 452 g/mol. The monoisotopic (exact) mass is 476 g/mol. The normalized spacial score (nSPS) is 14.3. The maximum absolute atomic E-state index is 6.30. The van der Waals surface area contributed by atoms with Crippen LogP contribution in [0.5, 0.6) is 0 Å². The molecule has 2 aliphatic heterocycles. The van der Waals surface area contributed by atoms with E-state index in [0.717, 1.165) is 17.9 Å². The fraction of sp³-hybridized carbons (Fsp3) is 0.0588. The summed E-state index contributed by atoms with van der Waals surface area (Å²) >= 11 is 0. The van der Waals surface area contributed by atoms with E-state index in [1.807, 2.05) is 0 Å². The SMILES string of the molecule is c1ccc(-n2c3ccccc3c3cc(N4C5=C(OCC5)c5ccccc5-c5ccccc54)ccc32)cc1. The molecule has 0 amide bonds. The van der Waals surface area contributed by atoms with Gasteiger partial charge in [0.25, 0.3) is 0 Å². The van der Waals surface area contributed by atoms with Crippen LogP contribution < -0.4 is 4.90 Å². The number of benzene rings is 5. The van der Waals surface area contributed by atoms with Gasteiger partial charge in [0.2, 0.25) is 0 Å². The van der Waals surface area contributed by atoms with Gasteiger partial charge >= 0.3 is 0 Å². The zero-order valence-corrected chi connectivity index (χ0v) is 20.3. The van der Waals surface area contributed by atoms with Crippen LogP contribution in [-0.2, 0) is 4.74 Å². The largest absolute Gasteiger partial charge is 0.491 e. The maximum Gasteiger partial charge on any atom is 0.147 e. The van der Waals surface area contributed by atoms with Crippen LogP contribution in [0, 0.1) is 0 Å². The molecular formula is C34H24N2O. The van der Waals surface area contributed by atoms with E-state index in [-0.39, 0.29) is 0 Å². The third kappa shape index (κ3) is 2.94. The highest BCUT2D eigenvalue weighted by Gasteiger charge is 2.32. The molecule has 0 saturated carbocycles. The van der Waals surface area contributed by atoms with Gasteiger partial charge in [-0.25, -0.2) is 0 Å². The van der Waals surface area contributed by atoms with Crippen molar-refractivity contribution in [1.82, 2.24) is 4.57 Å². The predicted octanol–water partition coefficient (Wildman–Crippen LogP) is 8.69. The second-order valence-electron chi connectivity index (χ2n) is 9.66. The minimum absolute atomic E-state index is 0.702. The van der Waals surface area contributed by atoms with Crippen molar-refractivity contribution in [1.29, 1.82) is 0 Å². The van der Waals surface area contributed by atoms with Crippen LogP contribution in [0.25, 0.3) is 44.4 Å². The van der Waals surface area contributed by atoms with Crippen LogP contribution in [0.2, 0.25) is 0 Å². The molecule has 1 aromatic heterocycles. The van der Waals surface area contributed by atoms with Crippen molar-refractivity contribution in [2.45, 2.75) is 6.42 Å². The summed E-state index contributed by atoms with van der Waals surface area (Å²) in [6, 6.07) is 43.5. The van der Waals surface area contributed by atoms with E-state index in [2.05, 4.69) is 131 Å². The molecule has 0 unspecified atom stereocenters. The van der Waals surface area contributed by atoms with E-state index in [9.17, 15) is 0 Å². The lowest BCUT2D eigenvalue weighted by atomic mass is 9.98. The average Bonchev–Trinajstić information content (AvgIpc) is 3.54. The third-order valence-electron chi connectivity index (χ3n) is 7.65. The summed E-state index contributed by atoms with van der Waals surface area (Å²) in [5.74, 6) is 0.999. The molecule has 0 N–H and O–H groups in total. The molecule has 3 heterocycles. The quantitative estimate of drug-likeness (QED) is 0.249. The van der Waals surface area contributed by atoms with E-state index in [1.165, 1.54) is 55.6 Å². The summed E-state index contributed by atoms with van der Waals surface area (Å²) in [5, 5.41) is 2.50. The number of hydrogen-bond acceptors (Lipinski definition) is 2. The zero-order valence-electron chi connectivity index (χ0n) is 20.3. The number of anilines is 2. The van der Waals surface area contributed by atoms with Crippen molar-refractivity contribution < 1.29 is 4.74 Å². The zero-order chi connectivity index (χ0) is 24.3. The van der Waals surface area contributed by atoms with Crippen molar-refractivity contribution in [2.75, 3.05) is 11.5 Å². The van der Waals surface area contributed by atoms with Gasteiger partial charge in [-0.2, -0.15) is 0 Å². The standard InChI is InChI=1S/C34H24N2O/c1-2-10-23(11-3-1)35-31-17-9-7-14-27(31)29-22-24(18-19-32(29)35)36-30-16-8-6-13-26(30)25-12-4-5-15-28(25)34-33(36)20-21-37-34/h1-19,22H,20-21H2. The van der Waals surface area contributed by atoms with Gasteiger partial charge in [0.15, 0.2) is 0 Å². The first-order valence-electron chi connectivity index (χ1n) is 12.8. The first-order valence-corrected chi connectivity index (χ1v) is 12.8. The second-order valence-corrected chi connectivity index (χ2v) is 9.66. The lowest BCUT2D eigenvalue weighted by Gasteiger charge is -2.27. The molecule has 6 aromatic rings. The Morgan fingerprint density at radius 3 is 2.14 bits per heavy atom. The van der Waals surface area contributed by atoms with Crippen LogP contribution in [0.4, 0.5) is 11.4 Å². The van der Waals surface area contributed by atoms with Gasteiger partial charge in [-0.05, 0) is 48.0 Å². The van der Waals surface area contributed by atoms with E-state index in [1.54, 1.807) is 0 Å². The molecule has 3 nitrogen and oxygen atoms in total. The number of hydrogen-bond donors (Lipinski definition) is 0. The molecule has 0 radical (unpaired) electrons. The molecule has 5 aromatic carbocycles. The molecule has 2 aliphatic rings. The summed E-state index contributed by atoms with van der Waals surface area (Å²) in [6.45, 7) is 0.702. The molecule has 0 fully saturated rings. The fourth-order valence-corrected chi connectivity index (χ4v) is 6.10. The minimum Gasteiger partial charge on any atom is -0.491 e. The molecule has 3 heteroatoms. The smallest absolute Gasteiger partial charge is 0.147 e. The third-order valence-corrected chi connectivity index (χ3v) is 7.65. The topological polar surface area (TPSA) is 17.4 Å². The first kappa shape index (κ1) is 20.4. The Morgan fingerprint density at radius 2 is 1.24 bits per heavy atom. The summed E-state index contributed by atoms with van der Waals surface area (Å²) in [7, 11) is 0. The number of nitrogens with zero attached hydrogens (tertiary/aromatic N) is 2. The van der Waals surface area contributed by atoms with Gasteiger partial charge in [0.05, 0.1) is 29.0 Å². The van der Waals surface area contributed by atoms with Gasteiger partial charge in [0.1, 0.15) is 5.76 Å². The second kappa shape index (κ2) is 7.87. The highest BCUT2D eigenvalue weighted by molar-refractivity contribution is 6.11. The number of aromatic nitrogens is 1. The summed E-state index contributed by atoms with van der Waals surface area (Å²) < 4.78 is 8.66. The molecule has 8 rings (SSSR count). The first-order chi connectivity index (χ1) is 18.4. The lowest BCUT2D eigenvalue weighted by molar-refractivity contribution is 0.307. The summed E-state index contributed by atoms with van der Waals surface area (Å²) in [6.07, 6.45) is 0.877. The molecule has 0 spiro atoms. The Hall–Kier alpha value is -4.76. The number of fused-ring (bicyclic) bond motifs is 7. The Bertz CT molecular complexity index is 1860. The summed E-state index contributed by atoms with van der Waals surface area (Å²) in [4.78, 5) is 2.42. The Labute approximate surface area is 215 Å². The van der Waals surface area contributed by atoms with Crippen LogP contribution in [-0.4, -0.2) is 11.2 Å². The van der Waals surface area contributed by atoms with Gasteiger partial charge in [-0.15, -0.1) is 0 Å². The van der Waals surface area contributed by atoms with Crippen molar-refractivity contribution in [3.05, 3.63) is 133 Å². The van der Waals surface area contributed by atoms with Crippen LogP contribution in [0.15, 0.2) is 127 Å². The van der Waals surface area contributed by atoms with E-state index in [4.69, 9.17) is 4.74 Å². The van der Waals surface area contributed by atoms with E-state index >= 15 is 0 Å². The molecule has 0 atom stereocenters. The maximum atomic E-state index is 6.30. The lowest BCUT2D eigenvalue weighted by Crippen LogP contribution is -2.16. The highest BCUT2D eigenvalue weighted by atomic mass is 16.5. The van der Waals surface area contributed by atoms with Crippen LogP contribution >= 0.6 is 0 Å².